The first-order chi connectivity index (χ1) is 14.3. The molecule has 0 saturated heterocycles. The van der Waals surface area contributed by atoms with Crippen LogP contribution in [0.2, 0.25) is 10.0 Å². The maximum atomic E-state index is 13.8. The maximum Gasteiger partial charge on any atom is 0.305 e. The fourth-order valence-electron chi connectivity index (χ4n) is 2.80. The summed E-state index contributed by atoms with van der Waals surface area (Å²) in [5.41, 5.74) is 0.591. The lowest BCUT2D eigenvalue weighted by molar-refractivity contribution is -0.137. The highest BCUT2D eigenvalue weighted by Gasteiger charge is 2.22. The highest BCUT2D eigenvalue weighted by Crippen LogP contribution is 2.31. The number of aryl methyl sites for hydroxylation is 1. The van der Waals surface area contributed by atoms with Crippen molar-refractivity contribution in [1.29, 1.82) is 0 Å². The first-order valence-electron chi connectivity index (χ1n) is 8.87. The molecule has 0 saturated carbocycles. The Kier molecular flexibility index (Phi) is 7.02. The Morgan fingerprint density at radius 3 is 2.67 bits per heavy atom. The number of benzene rings is 2. The van der Waals surface area contributed by atoms with Crippen molar-refractivity contribution in [3.63, 3.8) is 0 Å². The summed E-state index contributed by atoms with van der Waals surface area (Å²) < 4.78 is 18.9. The predicted octanol–water partition coefficient (Wildman–Crippen LogP) is 4.45. The SMILES string of the molecule is O=C(O)CC(NC(=O)CCc1nc(-c2ccccc2F)no1)c1cccc(Cl)c1Cl. The number of rotatable bonds is 8. The van der Waals surface area contributed by atoms with E-state index in [4.69, 9.17) is 32.8 Å². The van der Waals surface area contributed by atoms with Gasteiger partial charge < -0.3 is 14.9 Å². The summed E-state index contributed by atoms with van der Waals surface area (Å²) in [6, 6.07) is 9.90. The Morgan fingerprint density at radius 1 is 1.17 bits per heavy atom. The molecule has 0 aliphatic carbocycles. The van der Waals surface area contributed by atoms with Crippen molar-refractivity contribution in [3.05, 3.63) is 69.8 Å². The Balaban J connectivity index is 1.66. The largest absolute Gasteiger partial charge is 0.481 e. The lowest BCUT2D eigenvalue weighted by atomic mass is 10.0. The lowest BCUT2D eigenvalue weighted by Gasteiger charge is -2.19. The van der Waals surface area contributed by atoms with Gasteiger partial charge in [-0.05, 0) is 23.8 Å². The third-order valence-corrected chi connectivity index (χ3v) is 5.05. The van der Waals surface area contributed by atoms with E-state index in [1.54, 1.807) is 30.3 Å². The quantitative estimate of drug-likeness (QED) is 0.524. The second kappa shape index (κ2) is 9.69. The minimum absolute atomic E-state index is 0.0484. The van der Waals surface area contributed by atoms with Gasteiger partial charge in [-0.25, -0.2) is 4.39 Å². The van der Waals surface area contributed by atoms with E-state index in [9.17, 15) is 14.0 Å². The van der Waals surface area contributed by atoms with Gasteiger partial charge in [0.15, 0.2) is 0 Å². The third-order valence-electron chi connectivity index (χ3n) is 4.22. The number of aliphatic carboxylic acids is 1. The number of carboxylic acid groups (broad SMARTS) is 1. The minimum atomic E-state index is -1.11. The molecule has 2 N–H and O–H groups in total. The van der Waals surface area contributed by atoms with Crippen molar-refractivity contribution in [1.82, 2.24) is 15.5 Å². The van der Waals surface area contributed by atoms with Crippen LogP contribution in [-0.2, 0) is 16.0 Å². The standard InChI is InChI=1S/C20H16Cl2FN3O4/c21-13-6-3-5-12(19(13)22)15(10-18(28)29)24-16(27)8-9-17-25-20(26-30-17)11-4-1-2-7-14(11)23/h1-7,15H,8-10H2,(H,24,27)(H,28,29). The summed E-state index contributed by atoms with van der Waals surface area (Å²) in [7, 11) is 0. The fraction of sp³-hybridized carbons (Fsp3) is 0.200. The van der Waals surface area contributed by atoms with E-state index in [1.165, 1.54) is 12.1 Å². The van der Waals surface area contributed by atoms with E-state index < -0.39 is 23.7 Å². The van der Waals surface area contributed by atoms with Crippen LogP contribution in [-0.4, -0.2) is 27.1 Å². The smallest absolute Gasteiger partial charge is 0.305 e. The van der Waals surface area contributed by atoms with Crippen LogP contribution in [0.25, 0.3) is 11.4 Å². The normalized spacial score (nSPS) is 11.8. The van der Waals surface area contributed by atoms with Crippen molar-refractivity contribution < 1.29 is 23.6 Å². The molecule has 0 aliphatic rings. The molecule has 1 atom stereocenters. The Morgan fingerprint density at radius 2 is 1.93 bits per heavy atom. The number of hydrogen-bond donors (Lipinski definition) is 2. The molecule has 0 fully saturated rings. The number of aromatic nitrogens is 2. The van der Waals surface area contributed by atoms with Crippen LogP contribution in [0.4, 0.5) is 4.39 Å². The van der Waals surface area contributed by atoms with Crippen LogP contribution in [0.1, 0.15) is 30.3 Å². The molecule has 1 heterocycles. The Bertz CT molecular complexity index is 1070. The fourth-order valence-corrected chi connectivity index (χ4v) is 3.24. The van der Waals surface area contributed by atoms with Gasteiger partial charge in [0, 0.05) is 12.8 Å². The monoisotopic (exact) mass is 451 g/mol. The number of carbonyl (C=O) groups is 2. The van der Waals surface area contributed by atoms with E-state index in [1.807, 2.05) is 0 Å². The molecule has 3 rings (SSSR count). The lowest BCUT2D eigenvalue weighted by Crippen LogP contribution is -2.30. The highest BCUT2D eigenvalue weighted by molar-refractivity contribution is 6.42. The first-order valence-corrected chi connectivity index (χ1v) is 9.63. The van der Waals surface area contributed by atoms with Crippen LogP contribution >= 0.6 is 23.2 Å². The van der Waals surface area contributed by atoms with Crippen molar-refractivity contribution in [2.75, 3.05) is 0 Å². The molecule has 0 radical (unpaired) electrons. The zero-order valence-electron chi connectivity index (χ0n) is 15.4. The Hall–Kier alpha value is -2.97. The van der Waals surface area contributed by atoms with Gasteiger partial charge in [0.1, 0.15) is 5.82 Å². The zero-order chi connectivity index (χ0) is 21.7. The van der Waals surface area contributed by atoms with Crippen molar-refractivity contribution in [2.24, 2.45) is 0 Å². The first kappa shape index (κ1) is 21.7. The summed E-state index contributed by atoms with van der Waals surface area (Å²) in [5.74, 6) is -1.81. The minimum Gasteiger partial charge on any atom is -0.481 e. The van der Waals surface area contributed by atoms with E-state index in [0.717, 1.165) is 0 Å². The van der Waals surface area contributed by atoms with Crippen LogP contribution in [0, 0.1) is 5.82 Å². The van der Waals surface area contributed by atoms with Gasteiger partial charge in [-0.3, -0.25) is 9.59 Å². The summed E-state index contributed by atoms with van der Waals surface area (Å²) in [5, 5.41) is 16.0. The molecule has 7 nitrogen and oxygen atoms in total. The number of halogens is 3. The summed E-state index contributed by atoms with van der Waals surface area (Å²) in [6.07, 6.45) is -0.326. The van der Waals surface area contributed by atoms with Gasteiger partial charge in [-0.2, -0.15) is 4.98 Å². The summed E-state index contributed by atoms with van der Waals surface area (Å²) >= 11 is 12.2. The second-order valence-electron chi connectivity index (χ2n) is 6.35. The summed E-state index contributed by atoms with van der Waals surface area (Å²) in [4.78, 5) is 27.7. The maximum absolute atomic E-state index is 13.8. The molecule has 0 spiro atoms. The van der Waals surface area contributed by atoms with Crippen LogP contribution in [0.5, 0.6) is 0 Å². The van der Waals surface area contributed by atoms with E-state index in [2.05, 4.69) is 15.5 Å². The van der Waals surface area contributed by atoms with Crippen molar-refractivity contribution in [3.8, 4) is 11.4 Å². The molecular weight excluding hydrogens is 436 g/mol. The molecule has 1 amide bonds. The number of carbonyl (C=O) groups excluding carboxylic acids is 1. The van der Waals surface area contributed by atoms with Gasteiger partial charge in [-0.15, -0.1) is 0 Å². The van der Waals surface area contributed by atoms with Gasteiger partial charge in [-0.1, -0.05) is 52.6 Å². The van der Waals surface area contributed by atoms with E-state index >= 15 is 0 Å². The molecule has 1 unspecified atom stereocenters. The molecule has 30 heavy (non-hydrogen) atoms. The van der Waals surface area contributed by atoms with E-state index in [0.29, 0.717) is 5.56 Å². The molecular formula is C20H16Cl2FN3O4. The Labute approximate surface area is 180 Å². The number of amides is 1. The number of hydrogen-bond acceptors (Lipinski definition) is 5. The molecule has 0 bridgehead atoms. The zero-order valence-corrected chi connectivity index (χ0v) is 17.0. The molecule has 1 aromatic heterocycles. The molecule has 10 heteroatoms. The van der Waals surface area contributed by atoms with Crippen LogP contribution < -0.4 is 5.32 Å². The van der Waals surface area contributed by atoms with Gasteiger partial charge in [0.2, 0.25) is 17.6 Å². The number of nitrogens with one attached hydrogen (secondary N) is 1. The summed E-state index contributed by atoms with van der Waals surface area (Å²) in [6.45, 7) is 0. The van der Waals surface area contributed by atoms with E-state index in [-0.39, 0.29) is 46.6 Å². The van der Waals surface area contributed by atoms with Crippen LogP contribution in [0.3, 0.4) is 0 Å². The molecule has 3 aromatic rings. The average molecular weight is 452 g/mol. The third kappa shape index (κ3) is 5.34. The number of carboxylic acids is 1. The molecule has 0 aliphatic heterocycles. The van der Waals surface area contributed by atoms with Crippen molar-refractivity contribution >= 4 is 35.1 Å². The highest BCUT2D eigenvalue weighted by atomic mass is 35.5. The van der Waals surface area contributed by atoms with Gasteiger partial charge in [0.25, 0.3) is 0 Å². The molecule has 2 aromatic carbocycles. The number of nitrogens with zero attached hydrogens (tertiary/aromatic N) is 2. The second-order valence-corrected chi connectivity index (χ2v) is 7.14. The van der Waals surface area contributed by atoms with Gasteiger partial charge in [0.05, 0.1) is 28.1 Å². The van der Waals surface area contributed by atoms with Gasteiger partial charge >= 0.3 is 5.97 Å². The predicted molar refractivity (Wildman–Crippen MR) is 108 cm³/mol. The van der Waals surface area contributed by atoms with Crippen molar-refractivity contribution in [2.45, 2.75) is 25.3 Å². The average Bonchev–Trinajstić information content (AvgIpc) is 3.17. The topological polar surface area (TPSA) is 105 Å². The van der Waals surface area contributed by atoms with Crippen LogP contribution in [0.15, 0.2) is 47.0 Å². The molecule has 156 valence electrons.